The molecular formula is C21H24N2O4S. The minimum Gasteiger partial charge on any atom is -0.497 e. The summed E-state index contributed by atoms with van der Waals surface area (Å²) in [6, 6.07) is 5.54. The molecule has 0 saturated heterocycles. The van der Waals surface area contributed by atoms with E-state index in [-0.39, 0.29) is 23.7 Å². The van der Waals surface area contributed by atoms with Gasteiger partial charge in [-0.25, -0.2) is 4.98 Å². The highest BCUT2D eigenvalue weighted by atomic mass is 32.1. The number of ketones is 1. The van der Waals surface area contributed by atoms with E-state index in [4.69, 9.17) is 9.47 Å². The molecule has 1 amide bonds. The summed E-state index contributed by atoms with van der Waals surface area (Å²) in [6.45, 7) is 0. The van der Waals surface area contributed by atoms with Crippen LogP contribution in [0.5, 0.6) is 11.5 Å². The molecule has 2 aliphatic rings. The van der Waals surface area contributed by atoms with Gasteiger partial charge >= 0.3 is 0 Å². The number of anilines is 1. The highest BCUT2D eigenvalue weighted by Crippen LogP contribution is 2.41. The monoisotopic (exact) mass is 400 g/mol. The van der Waals surface area contributed by atoms with Crippen molar-refractivity contribution in [2.24, 2.45) is 17.8 Å². The predicted molar refractivity (Wildman–Crippen MR) is 108 cm³/mol. The van der Waals surface area contributed by atoms with Crippen molar-refractivity contribution in [3.8, 4) is 22.8 Å². The van der Waals surface area contributed by atoms with Crippen molar-refractivity contribution in [2.75, 3.05) is 19.5 Å². The van der Waals surface area contributed by atoms with E-state index in [0.717, 1.165) is 30.5 Å². The normalized spacial score (nSPS) is 23.9. The predicted octanol–water partition coefficient (Wildman–Crippen LogP) is 4.16. The first-order valence-electron chi connectivity index (χ1n) is 9.61. The van der Waals surface area contributed by atoms with E-state index < -0.39 is 0 Å². The molecule has 3 atom stereocenters. The van der Waals surface area contributed by atoms with Gasteiger partial charge in [0.1, 0.15) is 17.3 Å². The van der Waals surface area contributed by atoms with Crippen LogP contribution in [0.15, 0.2) is 23.6 Å². The maximum atomic E-state index is 12.8. The molecule has 0 spiro atoms. The number of fused-ring (bicyclic) bond motifs is 2. The van der Waals surface area contributed by atoms with E-state index in [2.05, 4.69) is 10.3 Å². The summed E-state index contributed by atoms with van der Waals surface area (Å²) >= 11 is 1.38. The fourth-order valence-corrected chi connectivity index (χ4v) is 5.08. The Kier molecular flexibility index (Phi) is 5.35. The Morgan fingerprint density at radius 3 is 2.61 bits per heavy atom. The van der Waals surface area contributed by atoms with Gasteiger partial charge in [0.15, 0.2) is 5.13 Å². The summed E-state index contributed by atoms with van der Waals surface area (Å²) in [5.74, 6) is 1.79. The second-order valence-electron chi connectivity index (χ2n) is 7.49. The van der Waals surface area contributed by atoms with Gasteiger partial charge in [-0.05, 0) is 43.9 Å². The Labute approximate surface area is 168 Å². The van der Waals surface area contributed by atoms with Gasteiger partial charge in [0.05, 0.1) is 19.9 Å². The molecule has 4 rings (SSSR count). The molecule has 2 fully saturated rings. The lowest BCUT2D eigenvalue weighted by molar-refractivity contribution is -0.136. The second kappa shape index (κ2) is 7.91. The molecule has 1 aromatic carbocycles. The van der Waals surface area contributed by atoms with Crippen LogP contribution in [-0.2, 0) is 9.59 Å². The van der Waals surface area contributed by atoms with Gasteiger partial charge in [0.25, 0.3) is 0 Å². The lowest BCUT2D eigenvalue weighted by atomic mass is 9.67. The van der Waals surface area contributed by atoms with Gasteiger partial charge in [-0.2, -0.15) is 0 Å². The summed E-state index contributed by atoms with van der Waals surface area (Å²) in [7, 11) is 3.23. The fraction of sp³-hybridized carbons (Fsp3) is 0.476. The highest BCUT2D eigenvalue weighted by molar-refractivity contribution is 7.14. The molecular weight excluding hydrogens is 376 g/mol. The first kappa shape index (κ1) is 18.9. The largest absolute Gasteiger partial charge is 0.497 e. The number of amides is 1. The van der Waals surface area contributed by atoms with Crippen molar-refractivity contribution in [3.05, 3.63) is 23.6 Å². The van der Waals surface area contributed by atoms with E-state index in [9.17, 15) is 9.59 Å². The van der Waals surface area contributed by atoms with E-state index in [0.29, 0.717) is 35.3 Å². The zero-order valence-corrected chi connectivity index (χ0v) is 16.9. The number of carbonyl (C=O) groups is 2. The smallest absolute Gasteiger partial charge is 0.229 e. The molecule has 6 nitrogen and oxygen atoms in total. The first-order valence-corrected chi connectivity index (χ1v) is 10.5. The second-order valence-corrected chi connectivity index (χ2v) is 8.35. The van der Waals surface area contributed by atoms with Crippen LogP contribution in [0.3, 0.4) is 0 Å². The third-order valence-corrected chi connectivity index (χ3v) is 6.59. The Morgan fingerprint density at radius 1 is 1.18 bits per heavy atom. The summed E-state index contributed by atoms with van der Waals surface area (Å²) < 4.78 is 10.7. The number of methoxy groups -OCH3 is 2. The van der Waals surface area contributed by atoms with Crippen molar-refractivity contribution >= 4 is 28.2 Å². The molecule has 148 valence electrons. The quantitative estimate of drug-likeness (QED) is 0.815. The van der Waals surface area contributed by atoms with Crippen molar-refractivity contribution in [3.63, 3.8) is 0 Å². The van der Waals surface area contributed by atoms with E-state index in [1.807, 2.05) is 23.6 Å². The SMILES string of the molecule is COc1ccc(OC)c(-c2csc(NC(=O)C3C[C@H]4CCC[C@@H](C3)C4=O)n2)c1. The molecule has 0 aliphatic heterocycles. The van der Waals surface area contributed by atoms with Crippen LogP contribution in [0.1, 0.15) is 32.1 Å². The maximum Gasteiger partial charge on any atom is 0.229 e. The number of hydrogen-bond donors (Lipinski definition) is 1. The van der Waals surface area contributed by atoms with Gasteiger partial charge in [0.2, 0.25) is 5.91 Å². The molecule has 1 N–H and O–H groups in total. The van der Waals surface area contributed by atoms with Crippen LogP contribution in [-0.4, -0.2) is 30.9 Å². The van der Waals surface area contributed by atoms with E-state index in [1.54, 1.807) is 14.2 Å². The van der Waals surface area contributed by atoms with Gasteiger partial charge < -0.3 is 14.8 Å². The summed E-state index contributed by atoms with van der Waals surface area (Å²) in [6.07, 6.45) is 4.30. The molecule has 28 heavy (non-hydrogen) atoms. The summed E-state index contributed by atoms with van der Waals surface area (Å²) in [5, 5.41) is 5.41. The summed E-state index contributed by atoms with van der Waals surface area (Å²) in [4.78, 5) is 29.6. The topological polar surface area (TPSA) is 77.5 Å². The number of ether oxygens (including phenoxy) is 2. The van der Waals surface area contributed by atoms with Crippen LogP contribution in [0.25, 0.3) is 11.3 Å². The van der Waals surface area contributed by atoms with Gasteiger partial charge in [-0.15, -0.1) is 11.3 Å². The molecule has 2 saturated carbocycles. The zero-order valence-electron chi connectivity index (χ0n) is 16.1. The van der Waals surface area contributed by atoms with Crippen molar-refractivity contribution < 1.29 is 19.1 Å². The molecule has 7 heteroatoms. The van der Waals surface area contributed by atoms with Gasteiger partial charge in [-0.3, -0.25) is 9.59 Å². The molecule has 1 aromatic heterocycles. The number of rotatable bonds is 5. The molecule has 2 aliphatic carbocycles. The average molecular weight is 401 g/mol. The average Bonchev–Trinajstić information content (AvgIpc) is 3.15. The Bertz CT molecular complexity index is 878. The highest BCUT2D eigenvalue weighted by Gasteiger charge is 2.41. The number of Topliss-reactive ketones (excluding diaryl/α,β-unsaturated/α-hetero) is 1. The van der Waals surface area contributed by atoms with E-state index in [1.165, 1.54) is 11.3 Å². The number of nitrogens with zero attached hydrogens (tertiary/aromatic N) is 1. The van der Waals surface area contributed by atoms with Crippen LogP contribution in [0, 0.1) is 17.8 Å². The fourth-order valence-electron chi connectivity index (χ4n) is 4.37. The maximum absolute atomic E-state index is 12.8. The minimum absolute atomic E-state index is 0.0251. The lowest BCUT2D eigenvalue weighted by Gasteiger charge is -2.36. The number of hydrogen-bond acceptors (Lipinski definition) is 6. The third-order valence-electron chi connectivity index (χ3n) is 5.84. The Balaban J connectivity index is 1.48. The molecule has 2 bridgehead atoms. The van der Waals surface area contributed by atoms with Gasteiger partial charge in [-0.1, -0.05) is 6.42 Å². The standard InChI is InChI=1S/C21H24N2O4S/c1-26-15-6-7-18(27-2)16(10-15)17-11-28-21(22-17)23-20(25)14-8-12-4-3-5-13(9-14)19(12)24/h6-7,10-14H,3-5,8-9H2,1-2H3,(H,22,23,25)/t12-,13+,14?. The summed E-state index contributed by atoms with van der Waals surface area (Å²) in [5.41, 5.74) is 1.54. The van der Waals surface area contributed by atoms with Crippen molar-refractivity contribution in [1.29, 1.82) is 0 Å². The molecule has 1 unspecified atom stereocenters. The molecule has 0 radical (unpaired) electrons. The first-order chi connectivity index (χ1) is 13.6. The molecule has 1 heterocycles. The molecule has 2 aromatic rings. The van der Waals surface area contributed by atoms with Crippen LogP contribution >= 0.6 is 11.3 Å². The third kappa shape index (κ3) is 3.63. The number of benzene rings is 1. The minimum atomic E-state index is -0.105. The number of thiazole rings is 1. The zero-order chi connectivity index (χ0) is 19.7. The number of carbonyl (C=O) groups excluding carboxylic acids is 2. The Hall–Kier alpha value is -2.41. The number of nitrogens with one attached hydrogen (secondary N) is 1. The van der Waals surface area contributed by atoms with Crippen molar-refractivity contribution in [1.82, 2.24) is 4.98 Å². The van der Waals surface area contributed by atoms with Crippen LogP contribution < -0.4 is 14.8 Å². The lowest BCUT2D eigenvalue weighted by Crippen LogP contribution is -2.40. The Morgan fingerprint density at radius 2 is 1.93 bits per heavy atom. The van der Waals surface area contributed by atoms with Crippen molar-refractivity contribution in [2.45, 2.75) is 32.1 Å². The van der Waals surface area contributed by atoms with Gasteiger partial charge in [0, 0.05) is 28.7 Å². The van der Waals surface area contributed by atoms with Crippen LogP contribution in [0.2, 0.25) is 0 Å². The number of aromatic nitrogens is 1. The van der Waals surface area contributed by atoms with Crippen LogP contribution in [0.4, 0.5) is 5.13 Å². The van der Waals surface area contributed by atoms with E-state index >= 15 is 0 Å².